The fourth-order valence-electron chi connectivity index (χ4n) is 1.94. The normalized spacial score (nSPS) is 12.8. The van der Waals surface area contributed by atoms with Crippen LogP contribution in [0.25, 0.3) is 0 Å². The first-order valence-electron chi connectivity index (χ1n) is 6.31. The molecular formula is C14H17F3O3. The molecule has 0 amide bonds. The summed E-state index contributed by atoms with van der Waals surface area (Å²) in [4.78, 5) is 11.8. The van der Waals surface area contributed by atoms with Crippen molar-refractivity contribution in [2.45, 2.75) is 38.5 Å². The van der Waals surface area contributed by atoms with Gasteiger partial charge in [0, 0.05) is 5.56 Å². The second-order valence-electron chi connectivity index (χ2n) is 4.30. The Morgan fingerprint density at radius 2 is 1.95 bits per heavy atom. The predicted molar refractivity (Wildman–Crippen MR) is 67.4 cm³/mol. The molecule has 0 saturated heterocycles. The summed E-state index contributed by atoms with van der Waals surface area (Å²) in [7, 11) is 1.22. The van der Waals surface area contributed by atoms with E-state index in [0.717, 1.165) is 6.42 Å². The largest absolute Gasteiger partial charge is 0.573 e. The summed E-state index contributed by atoms with van der Waals surface area (Å²) in [6.45, 7) is 1.94. The average Bonchev–Trinajstić information content (AvgIpc) is 2.38. The number of rotatable bonds is 6. The van der Waals surface area contributed by atoms with E-state index < -0.39 is 18.2 Å². The second kappa shape index (κ2) is 7.17. The fourth-order valence-corrected chi connectivity index (χ4v) is 1.94. The van der Waals surface area contributed by atoms with Gasteiger partial charge in [0.1, 0.15) is 5.75 Å². The lowest BCUT2D eigenvalue weighted by Gasteiger charge is -2.19. The van der Waals surface area contributed by atoms with Gasteiger partial charge < -0.3 is 9.47 Å². The maximum Gasteiger partial charge on any atom is 0.573 e. The zero-order valence-electron chi connectivity index (χ0n) is 11.4. The molecule has 1 atom stereocenters. The van der Waals surface area contributed by atoms with Gasteiger partial charge in [-0.15, -0.1) is 13.2 Å². The zero-order chi connectivity index (χ0) is 15.2. The standard InChI is InChI=1S/C14H17F3O3/c1-3-4-7-11(13(18)19-2)10-8-5-6-9-12(10)20-14(15,16)17/h5-6,8-9,11H,3-4,7H2,1-2H3. The minimum Gasteiger partial charge on any atom is -0.469 e. The van der Waals surface area contributed by atoms with Crippen molar-refractivity contribution < 1.29 is 27.4 Å². The van der Waals surface area contributed by atoms with Gasteiger partial charge in [-0.25, -0.2) is 0 Å². The molecule has 1 rings (SSSR count). The number of ether oxygens (including phenoxy) is 2. The molecule has 0 aliphatic rings. The molecule has 0 spiro atoms. The lowest BCUT2D eigenvalue weighted by atomic mass is 9.93. The first-order chi connectivity index (χ1) is 9.39. The van der Waals surface area contributed by atoms with E-state index >= 15 is 0 Å². The summed E-state index contributed by atoms with van der Waals surface area (Å²) in [5, 5.41) is 0. The Balaban J connectivity index is 3.09. The third-order valence-corrected chi connectivity index (χ3v) is 2.85. The van der Waals surface area contributed by atoms with Gasteiger partial charge in [0.05, 0.1) is 13.0 Å². The Kier molecular flexibility index (Phi) is 5.85. The van der Waals surface area contributed by atoms with Crippen molar-refractivity contribution in [2.24, 2.45) is 0 Å². The van der Waals surface area contributed by atoms with Crippen LogP contribution in [0, 0.1) is 0 Å². The van der Waals surface area contributed by atoms with Crippen LogP contribution in [-0.2, 0) is 9.53 Å². The maximum atomic E-state index is 12.4. The number of alkyl halides is 3. The van der Waals surface area contributed by atoms with Crippen molar-refractivity contribution >= 4 is 5.97 Å². The van der Waals surface area contributed by atoms with Crippen LogP contribution in [0.2, 0.25) is 0 Å². The number of methoxy groups -OCH3 is 1. The van der Waals surface area contributed by atoms with Gasteiger partial charge in [-0.3, -0.25) is 4.79 Å². The summed E-state index contributed by atoms with van der Waals surface area (Å²) in [5.74, 6) is -1.67. The van der Waals surface area contributed by atoms with Gasteiger partial charge in [-0.05, 0) is 12.5 Å². The highest BCUT2D eigenvalue weighted by Crippen LogP contribution is 2.34. The molecule has 1 unspecified atom stereocenters. The van der Waals surface area contributed by atoms with Gasteiger partial charge in [0.25, 0.3) is 0 Å². The van der Waals surface area contributed by atoms with E-state index in [4.69, 9.17) is 0 Å². The average molecular weight is 290 g/mol. The van der Waals surface area contributed by atoms with E-state index in [1.54, 1.807) is 6.07 Å². The monoisotopic (exact) mass is 290 g/mol. The number of benzene rings is 1. The van der Waals surface area contributed by atoms with Crippen LogP contribution < -0.4 is 4.74 Å². The number of unbranched alkanes of at least 4 members (excludes halogenated alkanes) is 1. The molecule has 0 aliphatic heterocycles. The molecule has 1 aromatic rings. The third kappa shape index (κ3) is 4.75. The summed E-state index contributed by atoms with van der Waals surface area (Å²) in [6.07, 6.45) is -2.83. The molecule has 1 aromatic carbocycles. The first-order valence-corrected chi connectivity index (χ1v) is 6.31. The van der Waals surface area contributed by atoms with Gasteiger partial charge in [0.2, 0.25) is 0 Å². The number of hydrogen-bond donors (Lipinski definition) is 0. The van der Waals surface area contributed by atoms with E-state index in [2.05, 4.69) is 9.47 Å². The Labute approximate surface area is 115 Å². The lowest BCUT2D eigenvalue weighted by molar-refractivity contribution is -0.275. The molecule has 20 heavy (non-hydrogen) atoms. The zero-order valence-corrected chi connectivity index (χ0v) is 11.4. The summed E-state index contributed by atoms with van der Waals surface area (Å²) < 4.78 is 45.8. The van der Waals surface area contributed by atoms with Crippen LogP contribution in [0.5, 0.6) is 5.75 Å². The lowest BCUT2D eigenvalue weighted by Crippen LogP contribution is -2.21. The SMILES string of the molecule is CCCCC(C(=O)OC)c1ccccc1OC(F)(F)F. The molecule has 0 heterocycles. The van der Waals surface area contributed by atoms with Crippen molar-refractivity contribution in [1.82, 2.24) is 0 Å². The van der Waals surface area contributed by atoms with Crippen molar-refractivity contribution in [3.05, 3.63) is 29.8 Å². The third-order valence-electron chi connectivity index (χ3n) is 2.85. The number of para-hydroxylation sites is 1. The number of carbonyl (C=O) groups is 1. The smallest absolute Gasteiger partial charge is 0.469 e. The van der Waals surface area contributed by atoms with Crippen LogP contribution in [0.4, 0.5) is 13.2 Å². The van der Waals surface area contributed by atoms with Crippen LogP contribution >= 0.6 is 0 Å². The van der Waals surface area contributed by atoms with Gasteiger partial charge in [-0.1, -0.05) is 38.0 Å². The van der Waals surface area contributed by atoms with Crippen molar-refractivity contribution in [2.75, 3.05) is 7.11 Å². The van der Waals surface area contributed by atoms with E-state index in [1.807, 2.05) is 6.92 Å². The molecule has 3 nitrogen and oxygen atoms in total. The topological polar surface area (TPSA) is 35.5 Å². The van der Waals surface area contributed by atoms with Crippen molar-refractivity contribution in [1.29, 1.82) is 0 Å². The summed E-state index contributed by atoms with van der Waals surface area (Å²) in [6, 6.07) is 5.65. The molecule has 0 saturated carbocycles. The molecule has 0 aromatic heterocycles. The van der Waals surface area contributed by atoms with Crippen LogP contribution in [0.15, 0.2) is 24.3 Å². The van der Waals surface area contributed by atoms with Crippen molar-refractivity contribution in [3.63, 3.8) is 0 Å². The highest BCUT2D eigenvalue weighted by Gasteiger charge is 2.34. The maximum absolute atomic E-state index is 12.4. The highest BCUT2D eigenvalue weighted by molar-refractivity contribution is 5.79. The fraction of sp³-hybridized carbons (Fsp3) is 0.500. The minimum absolute atomic E-state index is 0.199. The van der Waals surface area contributed by atoms with Crippen LogP contribution in [-0.4, -0.2) is 19.4 Å². The molecule has 112 valence electrons. The molecule has 0 bridgehead atoms. The van der Waals surface area contributed by atoms with E-state index in [0.29, 0.717) is 12.8 Å². The molecular weight excluding hydrogens is 273 g/mol. The Hall–Kier alpha value is -1.72. The van der Waals surface area contributed by atoms with Crippen LogP contribution in [0.3, 0.4) is 0 Å². The molecule has 0 radical (unpaired) electrons. The summed E-state index contributed by atoms with van der Waals surface area (Å²) in [5.41, 5.74) is 0.199. The quantitative estimate of drug-likeness (QED) is 0.742. The Morgan fingerprint density at radius 3 is 2.50 bits per heavy atom. The number of halogens is 3. The number of hydrogen-bond acceptors (Lipinski definition) is 3. The highest BCUT2D eigenvalue weighted by atomic mass is 19.4. The van der Waals surface area contributed by atoms with Crippen molar-refractivity contribution in [3.8, 4) is 5.75 Å². The minimum atomic E-state index is -4.79. The Morgan fingerprint density at radius 1 is 1.30 bits per heavy atom. The Bertz CT molecular complexity index is 444. The number of esters is 1. The van der Waals surface area contributed by atoms with Gasteiger partial charge in [-0.2, -0.15) is 0 Å². The predicted octanol–water partition coefficient (Wildman–Crippen LogP) is 4.03. The summed E-state index contributed by atoms with van der Waals surface area (Å²) >= 11 is 0. The molecule has 0 aliphatic carbocycles. The second-order valence-corrected chi connectivity index (χ2v) is 4.30. The molecule has 0 fully saturated rings. The number of carbonyl (C=O) groups excluding carboxylic acids is 1. The molecule has 0 N–H and O–H groups in total. The van der Waals surface area contributed by atoms with Gasteiger partial charge >= 0.3 is 12.3 Å². The van der Waals surface area contributed by atoms with E-state index in [9.17, 15) is 18.0 Å². The van der Waals surface area contributed by atoms with E-state index in [-0.39, 0.29) is 11.3 Å². The first kappa shape index (κ1) is 16.3. The van der Waals surface area contributed by atoms with Gasteiger partial charge in [0.15, 0.2) is 0 Å². The molecule has 6 heteroatoms. The van der Waals surface area contributed by atoms with E-state index in [1.165, 1.54) is 25.3 Å². The van der Waals surface area contributed by atoms with Crippen LogP contribution in [0.1, 0.15) is 37.7 Å².